The maximum atomic E-state index is 12.7. The summed E-state index contributed by atoms with van der Waals surface area (Å²) in [5, 5.41) is 9.34. The van der Waals surface area contributed by atoms with Crippen LogP contribution in [0.2, 0.25) is 0 Å². The number of amides is 1. The average Bonchev–Trinajstić information content (AvgIpc) is 3.24. The van der Waals surface area contributed by atoms with Gasteiger partial charge in [-0.2, -0.15) is 5.10 Å². The Balaban J connectivity index is 1.73. The molecule has 0 radical (unpaired) electrons. The number of ether oxygens (including phenoxy) is 3. The molecule has 0 aliphatic rings. The molecule has 0 saturated carbocycles. The van der Waals surface area contributed by atoms with Crippen molar-refractivity contribution in [1.82, 2.24) is 19.9 Å². The minimum absolute atomic E-state index is 0.198. The molecular weight excluding hydrogens is 392 g/mol. The zero-order chi connectivity index (χ0) is 20.8. The summed E-state index contributed by atoms with van der Waals surface area (Å²) in [7, 11) is 0. The molecule has 8 nitrogen and oxygen atoms in total. The van der Waals surface area contributed by atoms with E-state index in [2.05, 4.69) is 15.4 Å². The molecule has 1 aromatic carbocycles. The summed E-state index contributed by atoms with van der Waals surface area (Å²) in [4.78, 5) is 17.9. The van der Waals surface area contributed by atoms with Crippen molar-refractivity contribution in [2.75, 3.05) is 26.4 Å². The normalized spacial score (nSPS) is 10.9. The summed E-state index contributed by atoms with van der Waals surface area (Å²) in [6, 6.07) is 3.38. The maximum Gasteiger partial charge on any atom is 0.251 e. The van der Waals surface area contributed by atoms with E-state index in [0.29, 0.717) is 55.6 Å². The number of carbonyl (C=O) groups is 1. The molecule has 0 atom stereocenters. The largest absolute Gasteiger partial charge is 0.490 e. The van der Waals surface area contributed by atoms with Crippen molar-refractivity contribution in [3.05, 3.63) is 34.6 Å². The van der Waals surface area contributed by atoms with Gasteiger partial charge in [-0.05, 0) is 39.8 Å². The van der Waals surface area contributed by atoms with Gasteiger partial charge in [0.05, 0.1) is 25.5 Å². The first-order valence-corrected chi connectivity index (χ1v) is 10.6. The first kappa shape index (κ1) is 20.9. The fourth-order valence-electron chi connectivity index (χ4n) is 2.92. The van der Waals surface area contributed by atoms with Crippen LogP contribution in [0.25, 0.3) is 4.96 Å². The quantitative estimate of drug-likeness (QED) is 0.544. The number of fused-ring (bicyclic) bond motifs is 1. The number of hydrogen-bond acceptors (Lipinski definition) is 7. The standard InChI is InChI=1S/C20H26N4O4S/c1-5-26-16-10-14(11-17(27-6-2)18(16)28-7-3)19(25)21-9-8-15-12-29-20-22-13(4)23-24(15)20/h10-12H,5-9H2,1-4H3,(H,21,25). The van der Waals surface area contributed by atoms with E-state index in [4.69, 9.17) is 14.2 Å². The van der Waals surface area contributed by atoms with Gasteiger partial charge in [-0.25, -0.2) is 9.50 Å². The van der Waals surface area contributed by atoms with Crippen LogP contribution in [0.15, 0.2) is 17.5 Å². The summed E-state index contributed by atoms with van der Waals surface area (Å²) < 4.78 is 18.9. The lowest BCUT2D eigenvalue weighted by molar-refractivity contribution is 0.0953. The molecule has 0 fully saturated rings. The molecule has 0 spiro atoms. The molecule has 0 saturated heterocycles. The molecule has 2 heterocycles. The van der Waals surface area contributed by atoms with E-state index in [1.54, 1.807) is 23.5 Å². The summed E-state index contributed by atoms with van der Waals surface area (Å²) >= 11 is 1.54. The molecule has 0 bridgehead atoms. The number of nitrogens with zero attached hydrogens (tertiary/aromatic N) is 3. The number of hydrogen-bond donors (Lipinski definition) is 1. The van der Waals surface area contributed by atoms with E-state index in [9.17, 15) is 4.79 Å². The summed E-state index contributed by atoms with van der Waals surface area (Å²) in [5.41, 5.74) is 1.48. The van der Waals surface area contributed by atoms with E-state index >= 15 is 0 Å². The van der Waals surface area contributed by atoms with Crippen LogP contribution < -0.4 is 19.5 Å². The SMILES string of the molecule is CCOc1cc(C(=O)NCCc2csc3nc(C)nn23)cc(OCC)c1OCC. The Kier molecular flexibility index (Phi) is 6.92. The predicted octanol–water partition coefficient (Wildman–Crippen LogP) is 3.27. The molecule has 1 N–H and O–H groups in total. The third-order valence-corrected chi connectivity index (χ3v) is 4.96. The fourth-order valence-corrected chi connectivity index (χ4v) is 3.82. The molecule has 0 unspecified atom stereocenters. The van der Waals surface area contributed by atoms with Crippen LogP contribution in [0.5, 0.6) is 17.2 Å². The number of aryl methyl sites for hydroxylation is 1. The molecular formula is C20H26N4O4S. The average molecular weight is 419 g/mol. The van der Waals surface area contributed by atoms with Crippen LogP contribution in [0.3, 0.4) is 0 Å². The van der Waals surface area contributed by atoms with Crippen LogP contribution in [0, 0.1) is 6.92 Å². The molecule has 3 aromatic rings. The van der Waals surface area contributed by atoms with Crippen molar-refractivity contribution in [3.8, 4) is 17.2 Å². The predicted molar refractivity (Wildman–Crippen MR) is 112 cm³/mol. The zero-order valence-electron chi connectivity index (χ0n) is 17.2. The molecule has 2 aromatic heterocycles. The van der Waals surface area contributed by atoms with Crippen LogP contribution >= 0.6 is 11.3 Å². The first-order chi connectivity index (χ1) is 14.1. The maximum absolute atomic E-state index is 12.7. The van der Waals surface area contributed by atoms with E-state index in [1.165, 1.54) is 0 Å². The molecule has 3 rings (SSSR count). The van der Waals surface area contributed by atoms with Gasteiger partial charge in [0.25, 0.3) is 5.91 Å². The molecule has 0 aliphatic carbocycles. The molecule has 9 heteroatoms. The number of rotatable bonds is 10. The molecule has 0 aliphatic heterocycles. The van der Waals surface area contributed by atoms with E-state index < -0.39 is 0 Å². The Morgan fingerprint density at radius 2 is 1.76 bits per heavy atom. The second-order valence-corrected chi connectivity index (χ2v) is 7.02. The van der Waals surface area contributed by atoms with Crippen molar-refractivity contribution in [1.29, 1.82) is 0 Å². The first-order valence-electron chi connectivity index (χ1n) is 9.71. The lowest BCUT2D eigenvalue weighted by atomic mass is 10.1. The van der Waals surface area contributed by atoms with Gasteiger partial charge in [-0.3, -0.25) is 4.79 Å². The Bertz CT molecular complexity index is 955. The van der Waals surface area contributed by atoms with Gasteiger partial charge >= 0.3 is 0 Å². The van der Waals surface area contributed by atoms with Crippen molar-refractivity contribution >= 4 is 22.2 Å². The lowest BCUT2D eigenvalue weighted by Gasteiger charge is -2.17. The van der Waals surface area contributed by atoms with Crippen molar-refractivity contribution < 1.29 is 19.0 Å². The van der Waals surface area contributed by atoms with Gasteiger partial charge in [0.15, 0.2) is 11.5 Å². The van der Waals surface area contributed by atoms with E-state index in [0.717, 1.165) is 16.5 Å². The number of carbonyl (C=O) groups excluding carboxylic acids is 1. The Morgan fingerprint density at radius 1 is 1.10 bits per heavy atom. The van der Waals surface area contributed by atoms with Crippen LogP contribution in [-0.4, -0.2) is 46.9 Å². The second kappa shape index (κ2) is 9.60. The van der Waals surface area contributed by atoms with Gasteiger partial charge in [0.2, 0.25) is 10.7 Å². The lowest BCUT2D eigenvalue weighted by Crippen LogP contribution is -2.26. The molecule has 29 heavy (non-hydrogen) atoms. The summed E-state index contributed by atoms with van der Waals surface area (Å²) in [6.07, 6.45) is 0.655. The summed E-state index contributed by atoms with van der Waals surface area (Å²) in [6.45, 7) is 9.40. The van der Waals surface area contributed by atoms with Gasteiger partial charge in [0.1, 0.15) is 5.82 Å². The van der Waals surface area contributed by atoms with Gasteiger partial charge in [-0.15, -0.1) is 11.3 Å². The number of benzene rings is 1. The third kappa shape index (κ3) is 4.79. The van der Waals surface area contributed by atoms with E-state index in [-0.39, 0.29) is 5.91 Å². The van der Waals surface area contributed by atoms with Crippen LogP contribution in [-0.2, 0) is 6.42 Å². The van der Waals surface area contributed by atoms with Crippen LogP contribution in [0.1, 0.15) is 42.6 Å². The second-order valence-electron chi connectivity index (χ2n) is 6.19. The van der Waals surface area contributed by atoms with Crippen molar-refractivity contribution in [2.24, 2.45) is 0 Å². The Hall–Kier alpha value is -2.81. The third-order valence-electron chi connectivity index (χ3n) is 4.09. The minimum atomic E-state index is -0.198. The van der Waals surface area contributed by atoms with Crippen molar-refractivity contribution in [2.45, 2.75) is 34.1 Å². The van der Waals surface area contributed by atoms with E-state index in [1.807, 2.05) is 37.6 Å². The number of aromatic nitrogens is 3. The topological polar surface area (TPSA) is 87.0 Å². The van der Waals surface area contributed by atoms with Crippen LogP contribution in [0.4, 0.5) is 0 Å². The highest BCUT2D eigenvalue weighted by atomic mass is 32.1. The fraction of sp³-hybridized carbons (Fsp3) is 0.450. The monoisotopic (exact) mass is 418 g/mol. The van der Waals surface area contributed by atoms with Gasteiger partial charge < -0.3 is 19.5 Å². The Morgan fingerprint density at radius 3 is 2.38 bits per heavy atom. The zero-order valence-corrected chi connectivity index (χ0v) is 18.0. The number of nitrogens with one attached hydrogen (secondary N) is 1. The highest BCUT2D eigenvalue weighted by molar-refractivity contribution is 7.15. The number of thiazole rings is 1. The smallest absolute Gasteiger partial charge is 0.251 e. The van der Waals surface area contributed by atoms with Gasteiger partial charge in [0, 0.05) is 23.9 Å². The Labute approximate surface area is 173 Å². The van der Waals surface area contributed by atoms with Crippen molar-refractivity contribution in [3.63, 3.8) is 0 Å². The molecule has 1 amide bonds. The highest BCUT2D eigenvalue weighted by Crippen LogP contribution is 2.39. The highest BCUT2D eigenvalue weighted by Gasteiger charge is 2.18. The molecule has 156 valence electrons. The summed E-state index contributed by atoms with van der Waals surface area (Å²) in [5.74, 6) is 2.07. The minimum Gasteiger partial charge on any atom is -0.490 e. The van der Waals surface area contributed by atoms with Gasteiger partial charge in [-0.1, -0.05) is 0 Å².